The van der Waals surface area contributed by atoms with Gasteiger partial charge >= 0.3 is 6.01 Å². The van der Waals surface area contributed by atoms with Crippen LogP contribution < -0.4 is 14.4 Å². The number of anilines is 1. The molecule has 0 aliphatic rings. The van der Waals surface area contributed by atoms with Crippen molar-refractivity contribution in [2.45, 2.75) is 13.5 Å². The fraction of sp³-hybridized carbons (Fsp3) is 0.190. The van der Waals surface area contributed by atoms with E-state index in [2.05, 4.69) is 15.0 Å². The van der Waals surface area contributed by atoms with Crippen molar-refractivity contribution >= 4 is 44.2 Å². The second-order valence-corrected chi connectivity index (χ2v) is 7.97. The van der Waals surface area contributed by atoms with Crippen LogP contribution >= 0.6 is 22.9 Å². The molecule has 4 aromatic rings. The van der Waals surface area contributed by atoms with Crippen LogP contribution in [-0.2, 0) is 6.54 Å². The lowest BCUT2D eigenvalue weighted by molar-refractivity contribution is 0.0978. The van der Waals surface area contributed by atoms with Crippen molar-refractivity contribution in [2.75, 3.05) is 19.1 Å². The van der Waals surface area contributed by atoms with E-state index in [1.165, 1.54) is 31.6 Å². The molecular formula is C21H18ClN5O3S. The molecule has 3 aromatic heterocycles. The van der Waals surface area contributed by atoms with Gasteiger partial charge in [-0.25, -0.2) is 4.98 Å². The summed E-state index contributed by atoms with van der Waals surface area (Å²) in [5.74, 6) is -0.144. The van der Waals surface area contributed by atoms with E-state index in [-0.39, 0.29) is 30.0 Å². The van der Waals surface area contributed by atoms with E-state index < -0.39 is 0 Å². The van der Waals surface area contributed by atoms with Crippen molar-refractivity contribution in [2.24, 2.45) is 0 Å². The van der Waals surface area contributed by atoms with E-state index in [0.717, 1.165) is 21.3 Å². The Morgan fingerprint density at radius 3 is 2.71 bits per heavy atom. The fourth-order valence-electron chi connectivity index (χ4n) is 2.95. The molecule has 8 nitrogen and oxygen atoms in total. The zero-order valence-electron chi connectivity index (χ0n) is 17.0. The highest BCUT2D eigenvalue weighted by atomic mass is 35.5. The SMILES string of the molecule is COc1cc(C(=O)N(Cc2cccnc2)c2nc3c(C)c(Cl)ccc3s2)nc(OC)n1. The summed E-state index contributed by atoms with van der Waals surface area (Å²) in [6.45, 7) is 2.16. The molecule has 3 heterocycles. The molecular weight excluding hydrogens is 438 g/mol. The van der Waals surface area contributed by atoms with Gasteiger partial charge in [0.1, 0.15) is 5.69 Å². The number of halogens is 1. The number of carbonyl (C=O) groups is 1. The molecule has 0 aliphatic heterocycles. The van der Waals surface area contributed by atoms with E-state index in [9.17, 15) is 4.79 Å². The summed E-state index contributed by atoms with van der Waals surface area (Å²) in [4.78, 5) is 32.2. The molecule has 0 fully saturated rings. The van der Waals surface area contributed by atoms with Gasteiger partial charge in [-0.1, -0.05) is 29.0 Å². The van der Waals surface area contributed by atoms with E-state index in [0.29, 0.717) is 10.2 Å². The standard InChI is InChI=1S/C21H18ClN5O3S/c1-12-14(22)6-7-16-18(12)26-21(31-16)27(11-13-5-4-8-23-10-13)19(28)15-9-17(29-2)25-20(24-15)30-3/h4-10H,11H2,1-3H3. The van der Waals surface area contributed by atoms with Crippen LogP contribution in [0.2, 0.25) is 5.02 Å². The van der Waals surface area contributed by atoms with Crippen LogP contribution in [0.5, 0.6) is 11.9 Å². The van der Waals surface area contributed by atoms with Crippen molar-refractivity contribution in [1.29, 1.82) is 0 Å². The summed E-state index contributed by atoms with van der Waals surface area (Å²) in [6.07, 6.45) is 3.38. The first-order valence-electron chi connectivity index (χ1n) is 9.23. The molecule has 0 unspecified atom stereocenters. The quantitative estimate of drug-likeness (QED) is 0.428. The Balaban J connectivity index is 1.82. The topological polar surface area (TPSA) is 90.3 Å². The number of fused-ring (bicyclic) bond motifs is 1. The molecule has 0 spiro atoms. The normalized spacial score (nSPS) is 10.8. The van der Waals surface area contributed by atoms with Crippen LogP contribution in [0.25, 0.3) is 10.2 Å². The highest BCUT2D eigenvalue weighted by Gasteiger charge is 2.25. The third-order valence-electron chi connectivity index (χ3n) is 4.57. The number of amides is 1. The van der Waals surface area contributed by atoms with E-state index in [1.807, 2.05) is 31.2 Å². The van der Waals surface area contributed by atoms with Gasteiger partial charge in [-0.3, -0.25) is 14.7 Å². The summed E-state index contributed by atoms with van der Waals surface area (Å²) in [7, 11) is 2.89. The third kappa shape index (κ3) is 4.28. The zero-order chi connectivity index (χ0) is 22.0. The Morgan fingerprint density at radius 2 is 2.00 bits per heavy atom. The maximum atomic E-state index is 13.6. The summed E-state index contributed by atoms with van der Waals surface area (Å²) < 4.78 is 11.2. The molecule has 1 aromatic carbocycles. The van der Waals surface area contributed by atoms with Crippen molar-refractivity contribution < 1.29 is 14.3 Å². The molecule has 0 bridgehead atoms. The molecule has 0 saturated heterocycles. The highest BCUT2D eigenvalue weighted by Crippen LogP contribution is 2.34. The third-order valence-corrected chi connectivity index (χ3v) is 6.02. The molecule has 0 radical (unpaired) electrons. The van der Waals surface area contributed by atoms with Gasteiger partial charge in [-0.2, -0.15) is 9.97 Å². The minimum atomic E-state index is -0.370. The predicted molar refractivity (Wildman–Crippen MR) is 119 cm³/mol. The summed E-state index contributed by atoms with van der Waals surface area (Å²) in [5, 5.41) is 1.14. The Kier molecular flexibility index (Phi) is 5.97. The number of carbonyl (C=O) groups excluding carboxylic acids is 1. The molecule has 10 heteroatoms. The van der Waals surface area contributed by atoms with Crippen molar-refractivity contribution in [3.8, 4) is 11.9 Å². The molecule has 0 saturated carbocycles. The second kappa shape index (κ2) is 8.83. The average Bonchev–Trinajstić information content (AvgIpc) is 3.24. The number of benzene rings is 1. The van der Waals surface area contributed by atoms with Crippen LogP contribution in [0.15, 0.2) is 42.7 Å². The lowest BCUT2D eigenvalue weighted by Gasteiger charge is -2.19. The highest BCUT2D eigenvalue weighted by molar-refractivity contribution is 7.22. The maximum absolute atomic E-state index is 13.6. The van der Waals surface area contributed by atoms with Crippen molar-refractivity contribution in [3.63, 3.8) is 0 Å². The van der Waals surface area contributed by atoms with Gasteiger partial charge in [0.15, 0.2) is 5.13 Å². The van der Waals surface area contributed by atoms with Crippen molar-refractivity contribution in [1.82, 2.24) is 19.9 Å². The number of hydrogen-bond donors (Lipinski definition) is 0. The van der Waals surface area contributed by atoms with E-state index >= 15 is 0 Å². The smallest absolute Gasteiger partial charge is 0.320 e. The van der Waals surface area contributed by atoms with Gasteiger partial charge < -0.3 is 9.47 Å². The van der Waals surface area contributed by atoms with E-state index in [4.69, 9.17) is 26.1 Å². The number of ether oxygens (including phenoxy) is 2. The molecule has 0 N–H and O–H groups in total. The van der Waals surface area contributed by atoms with Crippen molar-refractivity contribution in [3.05, 3.63) is 64.6 Å². The lowest BCUT2D eigenvalue weighted by Crippen LogP contribution is -2.31. The van der Waals surface area contributed by atoms with Gasteiger partial charge in [0, 0.05) is 23.5 Å². The fourth-order valence-corrected chi connectivity index (χ4v) is 4.13. The Bertz CT molecular complexity index is 1230. The first-order chi connectivity index (χ1) is 15.0. The number of thiazole rings is 1. The molecule has 0 atom stereocenters. The Morgan fingerprint density at radius 1 is 1.16 bits per heavy atom. The Hall–Kier alpha value is -3.30. The van der Waals surface area contributed by atoms with Gasteiger partial charge in [0.25, 0.3) is 5.91 Å². The molecule has 4 rings (SSSR count). The minimum Gasteiger partial charge on any atom is -0.481 e. The maximum Gasteiger partial charge on any atom is 0.320 e. The first-order valence-corrected chi connectivity index (χ1v) is 10.4. The zero-order valence-corrected chi connectivity index (χ0v) is 18.6. The number of aromatic nitrogens is 4. The minimum absolute atomic E-state index is 0.0379. The van der Waals surface area contributed by atoms with E-state index in [1.54, 1.807) is 17.3 Å². The number of aryl methyl sites for hydroxylation is 1. The predicted octanol–water partition coefficient (Wildman–Crippen LogP) is 4.31. The number of pyridine rings is 1. The number of hydrogen-bond acceptors (Lipinski definition) is 8. The van der Waals surface area contributed by atoms with Crippen LogP contribution in [0.3, 0.4) is 0 Å². The van der Waals surface area contributed by atoms with Crippen LogP contribution in [0, 0.1) is 6.92 Å². The number of rotatable bonds is 6. The van der Waals surface area contributed by atoms with Gasteiger partial charge in [0.2, 0.25) is 5.88 Å². The lowest BCUT2D eigenvalue weighted by atomic mass is 10.2. The molecule has 1 amide bonds. The number of nitrogens with zero attached hydrogens (tertiary/aromatic N) is 5. The number of methoxy groups -OCH3 is 2. The summed E-state index contributed by atoms with van der Waals surface area (Å²) in [5.41, 5.74) is 2.59. The molecule has 31 heavy (non-hydrogen) atoms. The monoisotopic (exact) mass is 455 g/mol. The summed E-state index contributed by atoms with van der Waals surface area (Å²) in [6, 6.07) is 8.94. The van der Waals surface area contributed by atoms with Gasteiger partial charge in [-0.15, -0.1) is 0 Å². The Labute approximate surface area is 187 Å². The molecule has 158 valence electrons. The average molecular weight is 456 g/mol. The largest absolute Gasteiger partial charge is 0.481 e. The summed E-state index contributed by atoms with van der Waals surface area (Å²) >= 11 is 7.66. The van der Waals surface area contributed by atoms with Crippen LogP contribution in [0.1, 0.15) is 21.6 Å². The second-order valence-electron chi connectivity index (χ2n) is 6.55. The molecule has 0 aliphatic carbocycles. The van der Waals surface area contributed by atoms with Crippen LogP contribution in [-0.4, -0.2) is 40.1 Å². The van der Waals surface area contributed by atoms with Gasteiger partial charge in [-0.05, 0) is 36.2 Å². The van der Waals surface area contributed by atoms with Gasteiger partial charge in [0.05, 0.1) is 31.0 Å². The first kappa shape index (κ1) is 21.0. The van der Waals surface area contributed by atoms with Crippen LogP contribution in [0.4, 0.5) is 5.13 Å².